The second-order valence-corrected chi connectivity index (χ2v) is 12.4. The predicted molar refractivity (Wildman–Crippen MR) is 233 cm³/mol. The number of hydrogen-bond acceptors (Lipinski definition) is 1. The molecule has 0 saturated heterocycles. The molecule has 0 spiro atoms. The monoisotopic (exact) mass is 774 g/mol. The van der Waals surface area contributed by atoms with Crippen molar-refractivity contribution in [3.8, 4) is 49.4 Å². The van der Waals surface area contributed by atoms with E-state index in [2.05, 4.69) is 176 Å². The number of allylic oxidation sites excluding steroid dienone is 12. The van der Waals surface area contributed by atoms with Gasteiger partial charge < -0.3 is 11.0 Å². The van der Waals surface area contributed by atoms with Crippen LogP contribution in [0, 0.1) is 56.3 Å². The zero-order valence-corrected chi connectivity index (χ0v) is 36.3. The molecule has 0 unspecified atom stereocenters. The maximum Gasteiger partial charge on any atom is 1.00 e. The molecule has 0 saturated carbocycles. The minimum absolute atomic E-state index is 0. The van der Waals surface area contributed by atoms with E-state index in [1.54, 1.807) is 13.8 Å². The number of aliphatic hydroxyl groups is 1. The third-order valence-corrected chi connectivity index (χ3v) is 6.95. The van der Waals surface area contributed by atoms with E-state index in [0.717, 1.165) is 38.5 Å². The fraction of sp³-hybridized carbons (Fsp3) is 0.500. The van der Waals surface area contributed by atoms with Crippen LogP contribution in [0.15, 0.2) is 79.6 Å². The molecule has 0 radical (unpaired) electrons. The van der Waals surface area contributed by atoms with Crippen LogP contribution in [0.1, 0.15) is 147 Å². The van der Waals surface area contributed by atoms with Gasteiger partial charge in [0.25, 0.3) is 0 Å². The van der Waals surface area contributed by atoms with Crippen molar-refractivity contribution in [2.24, 2.45) is 0 Å². The maximum atomic E-state index is 8.55. The first-order valence-corrected chi connectivity index (χ1v) is 18.0. The van der Waals surface area contributed by atoms with Crippen molar-refractivity contribution in [1.82, 2.24) is 0 Å². The van der Waals surface area contributed by atoms with Gasteiger partial charge in [-0.05, 0) is 138 Å². The summed E-state index contributed by atoms with van der Waals surface area (Å²) in [6.07, 6.45) is 42.2. The van der Waals surface area contributed by atoms with Crippen molar-refractivity contribution < 1.29 is 24.0 Å². The quantitative estimate of drug-likeness (QED) is 0.0439. The minimum atomic E-state index is 0. The molecule has 3 heteroatoms. The summed E-state index contributed by atoms with van der Waals surface area (Å²) in [7, 11) is 0. The minimum Gasteiger partial charge on any atom is -0.392 e. The number of terminal acetylenes is 3. The smallest absolute Gasteiger partial charge is 0.392 e. The van der Waals surface area contributed by atoms with Gasteiger partial charge in [0, 0.05) is 6.42 Å². The van der Waals surface area contributed by atoms with Gasteiger partial charge in [0.15, 0.2) is 0 Å². The molecule has 0 aromatic rings. The number of aliphatic hydroxyl groups excluding tert-OH is 1. The first-order valence-electron chi connectivity index (χ1n) is 16.8. The van der Waals surface area contributed by atoms with Crippen molar-refractivity contribution >= 4 is 22.6 Å². The number of hydrogen-bond donors (Lipinski definition) is 1. The maximum absolute atomic E-state index is 8.55. The SMILES string of the molecule is C#C.C#CC.C#CCC/C=C(\C)CCC=C(C)C.CC(C)=CCC/C(C)=C/CC/C(C)=C/I.CC(C)=CCC/C(C)=C/CO.[CH2-]C#CC.[Li+]. The molecule has 0 fully saturated rings. The van der Waals surface area contributed by atoms with Crippen molar-refractivity contribution in [3.63, 3.8) is 0 Å². The van der Waals surface area contributed by atoms with E-state index in [1.807, 2.05) is 6.08 Å². The first kappa shape index (κ1) is 61.8. The van der Waals surface area contributed by atoms with Crippen molar-refractivity contribution in [1.29, 1.82) is 0 Å². The summed E-state index contributed by atoms with van der Waals surface area (Å²) in [4.78, 5) is 0. The van der Waals surface area contributed by atoms with Gasteiger partial charge >= 0.3 is 18.9 Å². The average Bonchev–Trinajstić information content (AvgIpc) is 3.03. The Bertz CT molecular complexity index is 1110. The van der Waals surface area contributed by atoms with Gasteiger partial charge in [-0.25, -0.2) is 0 Å². The Kier molecular flexibility index (Phi) is 69.3. The standard InChI is InChI=1S/C14H23I.C13H20.C10H18O.C4H5.C3H4.C2H2.Li/c1-12(2)7-5-8-13(3)9-6-10-14(4)11-15;1-5-6-7-10-13(4)11-8-9-12(2)3;1-9(2)5-4-6-10(3)7-8-11;1-3-4-2;1-3-2;1-2;/h7,9,11H,5-6,8,10H2,1-4H3;1,9-10H,6-8,11H2,2-4H3;5,7,11H,4,6,8H2,1-3H3;1H2,2H3;1H,2H3;1-2H;/q;;;-1;;;+1/b13-9+,14-11+;13-10+;10-7+;;;;. The number of unbranched alkanes of at least 4 members (excludes halogenated alkanes) is 1. The van der Waals surface area contributed by atoms with Gasteiger partial charge in [-0.2, -0.15) is 6.92 Å². The molecule has 0 aliphatic carbocycles. The van der Waals surface area contributed by atoms with E-state index in [9.17, 15) is 0 Å². The van der Waals surface area contributed by atoms with E-state index >= 15 is 0 Å². The largest absolute Gasteiger partial charge is 1.00 e. The van der Waals surface area contributed by atoms with Crippen LogP contribution in [0.3, 0.4) is 0 Å². The molecular weight excluding hydrogens is 702 g/mol. The van der Waals surface area contributed by atoms with Crippen LogP contribution in [0.4, 0.5) is 0 Å². The second kappa shape index (κ2) is 55.0. The third kappa shape index (κ3) is 81.6. The molecule has 0 heterocycles. The van der Waals surface area contributed by atoms with Crippen molar-refractivity contribution in [2.45, 2.75) is 147 Å². The molecule has 0 aliphatic heterocycles. The van der Waals surface area contributed by atoms with Crippen LogP contribution in [0.5, 0.6) is 0 Å². The van der Waals surface area contributed by atoms with Crippen LogP contribution in [0.25, 0.3) is 0 Å². The van der Waals surface area contributed by atoms with Crippen LogP contribution < -0.4 is 18.9 Å². The fourth-order valence-corrected chi connectivity index (χ4v) is 3.54. The summed E-state index contributed by atoms with van der Waals surface area (Å²) >= 11 is 2.31. The van der Waals surface area contributed by atoms with Gasteiger partial charge in [0.2, 0.25) is 0 Å². The summed E-state index contributed by atoms with van der Waals surface area (Å²) in [5.41, 5.74) is 9.90. The van der Waals surface area contributed by atoms with Gasteiger partial charge in [-0.15, -0.1) is 37.5 Å². The van der Waals surface area contributed by atoms with E-state index in [4.69, 9.17) is 11.5 Å². The first-order chi connectivity index (χ1) is 22.7. The van der Waals surface area contributed by atoms with Crippen LogP contribution >= 0.6 is 22.6 Å². The van der Waals surface area contributed by atoms with Gasteiger partial charge in [-0.1, -0.05) is 105 Å². The van der Waals surface area contributed by atoms with E-state index in [1.165, 1.54) is 64.7 Å². The summed E-state index contributed by atoms with van der Waals surface area (Å²) in [5.74, 6) is 9.89. The van der Waals surface area contributed by atoms with Crippen LogP contribution in [-0.2, 0) is 0 Å². The molecule has 0 bridgehead atoms. The van der Waals surface area contributed by atoms with Gasteiger partial charge in [0.05, 0.1) is 6.61 Å². The number of halogens is 1. The van der Waals surface area contributed by atoms with E-state index in [-0.39, 0.29) is 25.5 Å². The molecule has 49 heavy (non-hydrogen) atoms. The second-order valence-electron chi connectivity index (χ2n) is 11.7. The Labute approximate surface area is 334 Å². The topological polar surface area (TPSA) is 20.2 Å². The zero-order chi connectivity index (χ0) is 38.6. The normalized spacial score (nSPS) is 9.84. The molecule has 1 nitrogen and oxygen atoms in total. The zero-order valence-electron chi connectivity index (χ0n) is 34.2. The molecular formula is C46H72ILiO. The van der Waals surface area contributed by atoms with Gasteiger partial charge in [0.1, 0.15) is 0 Å². The summed E-state index contributed by atoms with van der Waals surface area (Å²) in [5, 5.41) is 8.55. The van der Waals surface area contributed by atoms with E-state index in [0.29, 0.717) is 0 Å². The summed E-state index contributed by atoms with van der Waals surface area (Å²) in [6, 6.07) is 0. The fourth-order valence-electron chi connectivity index (χ4n) is 3.23. The average molecular weight is 775 g/mol. The molecule has 270 valence electrons. The Hall–Kier alpha value is -2.42. The Morgan fingerprint density at radius 2 is 0.878 bits per heavy atom. The van der Waals surface area contributed by atoms with Gasteiger partial charge in [-0.3, -0.25) is 5.92 Å². The Morgan fingerprint density at radius 1 is 0.592 bits per heavy atom. The molecule has 0 aromatic carbocycles. The summed E-state index contributed by atoms with van der Waals surface area (Å²) < 4.78 is 2.17. The van der Waals surface area contributed by atoms with Crippen LogP contribution in [-0.4, -0.2) is 11.7 Å². The molecule has 0 aromatic heterocycles. The Balaban J connectivity index is -0.0000000957. The Morgan fingerprint density at radius 3 is 1.14 bits per heavy atom. The van der Waals surface area contributed by atoms with Crippen LogP contribution in [0.2, 0.25) is 0 Å². The molecule has 0 rings (SSSR count). The van der Waals surface area contributed by atoms with Crippen molar-refractivity contribution in [3.05, 3.63) is 86.5 Å². The molecule has 0 aliphatic rings. The molecule has 1 N–H and O–H groups in total. The molecule has 0 atom stereocenters. The summed E-state index contributed by atoms with van der Waals surface area (Å²) in [6.45, 7) is 28.3. The number of rotatable bonds is 15. The van der Waals surface area contributed by atoms with Crippen molar-refractivity contribution in [2.75, 3.05) is 6.61 Å². The predicted octanol–water partition coefficient (Wildman–Crippen LogP) is 11.3. The molecule has 0 amide bonds. The van der Waals surface area contributed by atoms with E-state index < -0.39 is 0 Å². The third-order valence-electron chi connectivity index (χ3n) is 5.89.